The molecule has 3 saturated heterocycles. The molecule has 31 heteroatoms. The maximum Gasteiger partial charge on any atom is 0.417 e. The van der Waals surface area contributed by atoms with Gasteiger partial charge in [-0.2, -0.15) is 13.2 Å². The molecular formula is C73H113ClF5N13O12. The van der Waals surface area contributed by atoms with Crippen LogP contribution < -0.4 is 16.0 Å². The van der Waals surface area contributed by atoms with Gasteiger partial charge in [0.1, 0.15) is 60.4 Å². The minimum Gasteiger partial charge on any atom is -0.347 e. The Morgan fingerprint density at radius 1 is 0.663 bits per heavy atom. The highest BCUT2D eigenvalue weighted by atomic mass is 35.5. The number of carbonyl (C=O) groups is 12. The van der Waals surface area contributed by atoms with Crippen molar-refractivity contribution in [3.8, 4) is 0 Å². The van der Waals surface area contributed by atoms with Crippen LogP contribution in [0.15, 0.2) is 18.2 Å². The minimum absolute atomic E-state index is 0.0266. The van der Waals surface area contributed by atoms with E-state index in [0.29, 0.717) is 32.1 Å². The van der Waals surface area contributed by atoms with Gasteiger partial charge in [0.05, 0.1) is 30.1 Å². The Bertz CT molecular complexity index is 3250. The van der Waals surface area contributed by atoms with Crippen molar-refractivity contribution in [2.24, 2.45) is 23.7 Å². The summed E-state index contributed by atoms with van der Waals surface area (Å²) in [5.74, 6) is -13.3. The Morgan fingerprint density at radius 3 is 1.85 bits per heavy atom. The molecule has 3 N–H and O–H groups in total. The lowest BCUT2D eigenvalue weighted by molar-refractivity contribution is -0.160. The minimum atomic E-state index is -4.82. The molecule has 0 radical (unpaired) electrons. The van der Waals surface area contributed by atoms with E-state index in [1.165, 1.54) is 112 Å². The van der Waals surface area contributed by atoms with E-state index < -0.39 is 185 Å². The van der Waals surface area contributed by atoms with Crippen molar-refractivity contribution in [1.29, 1.82) is 0 Å². The average Bonchev–Trinajstić information content (AvgIpc) is 0.853. The second kappa shape index (κ2) is 37.3. The number of halogens is 6. The SMILES string of the molecule is CC[C@H](C)[C@@H]1NC(=O)[C@H](CC(C)C)N(C)C(=O)C[C@@H](C(=O)N(C)C)N(C)C(=O)[C@H](C2CCCC2)N(C)C(=O)[C@H](C)NC(=O)[C@H](CCN2CCCC(F)(F)C2)N(C)C(=O)[C@H](CCc2ccc(C(F)(F)F)c(Cl)c2)NC(=O)CN(C)C(=O)[C@H](CC2CCCCC2)N(C)C(=O)C2CCN2C(=O)[C@H](C)N(C)C1=O. The highest BCUT2D eigenvalue weighted by Crippen LogP contribution is 2.37. The van der Waals surface area contributed by atoms with E-state index in [9.17, 15) is 55.5 Å². The molecule has 5 aliphatic rings. The molecule has 2 aliphatic carbocycles. The molecule has 5 fully saturated rings. The van der Waals surface area contributed by atoms with Crippen LogP contribution in [0.25, 0.3) is 0 Å². The summed E-state index contributed by atoms with van der Waals surface area (Å²) in [6, 6.07) is -10.4. The van der Waals surface area contributed by atoms with Gasteiger partial charge in [0.25, 0.3) is 5.92 Å². The molecule has 584 valence electrons. The van der Waals surface area contributed by atoms with E-state index >= 15 is 24.0 Å². The summed E-state index contributed by atoms with van der Waals surface area (Å²) in [6.07, 6.45) is 0.703. The Morgan fingerprint density at radius 2 is 1.28 bits per heavy atom. The molecule has 0 spiro atoms. The maximum absolute atomic E-state index is 15.4. The summed E-state index contributed by atoms with van der Waals surface area (Å²) in [6.45, 7) is 8.84. The maximum atomic E-state index is 15.4. The van der Waals surface area contributed by atoms with E-state index in [2.05, 4.69) is 16.0 Å². The number of nitrogens with zero attached hydrogens (tertiary/aromatic N) is 10. The molecule has 1 aromatic carbocycles. The number of likely N-dealkylation sites (N-methyl/N-ethyl adjacent to an activating group) is 8. The number of fused-ring (bicyclic) bond motifs is 1. The second-order valence-electron chi connectivity index (χ2n) is 30.4. The Kier molecular flexibility index (Phi) is 30.8. The highest BCUT2D eigenvalue weighted by Gasteiger charge is 2.48. The summed E-state index contributed by atoms with van der Waals surface area (Å²) in [7, 11) is 12.4. The standard InChI is InChI=1S/C73H113ClF5N13O12/c1-16-44(4)60-70(103)85(10)46(6)65(98)92-36-32-54(92)69(102)88(13)56(39-47-23-18-17-19-24-47)68(101)84(9)41-58(93)81-52(30-28-48-27-29-50(51(74)38-48)73(77,78)79)66(99)87(12)53(31-35-91-34-22-33-72(75,76)42-91)62(95)80-45(5)64(97)90(15)61(49-25-20-21-26-49)71(104)89(14)57(67(100)83(7)8)40-59(94)86(11)55(37-43(2)3)63(96)82-60/h27,29,38,43-47,49,52-57,60-61H,16-26,28,30-37,39-42H2,1-15H3,(H,80,95)(H,81,93)(H,82,96)/t44-,45-,46-,52-,53-,54?,55-,56-,57-,60-,61-/m0/s1. The van der Waals surface area contributed by atoms with Gasteiger partial charge in [0.15, 0.2) is 0 Å². The molecular weight excluding hydrogens is 1380 g/mol. The normalized spacial score (nSPS) is 27.8. The number of aryl methyl sites for hydroxylation is 1. The zero-order chi connectivity index (χ0) is 77.7. The third-order valence-electron chi connectivity index (χ3n) is 22.2. The number of rotatable bonds is 14. The van der Waals surface area contributed by atoms with Crippen LogP contribution in [0.4, 0.5) is 22.0 Å². The first-order valence-corrected chi connectivity index (χ1v) is 37.2. The Hall–Kier alpha value is -7.24. The predicted octanol–water partition coefficient (Wildman–Crippen LogP) is 5.67. The number of nitrogens with one attached hydrogen (secondary N) is 3. The van der Waals surface area contributed by atoms with Gasteiger partial charge in [0, 0.05) is 82.9 Å². The quantitative estimate of drug-likeness (QED) is 0.190. The third-order valence-corrected chi connectivity index (χ3v) is 22.5. The Balaban J connectivity index is 1.46. The first-order chi connectivity index (χ1) is 48.6. The monoisotopic (exact) mass is 1490 g/mol. The van der Waals surface area contributed by atoms with Crippen LogP contribution in [0.3, 0.4) is 0 Å². The van der Waals surface area contributed by atoms with Gasteiger partial charge < -0.3 is 60.0 Å². The van der Waals surface area contributed by atoms with Crippen molar-refractivity contribution in [3.05, 3.63) is 34.3 Å². The number of alkyl halides is 5. The first-order valence-electron chi connectivity index (χ1n) is 36.8. The predicted molar refractivity (Wildman–Crippen MR) is 380 cm³/mol. The van der Waals surface area contributed by atoms with Crippen molar-refractivity contribution < 1.29 is 79.5 Å². The number of carbonyl (C=O) groups excluding carboxylic acids is 12. The summed E-state index contributed by atoms with van der Waals surface area (Å²) in [5.41, 5.74) is -0.915. The van der Waals surface area contributed by atoms with E-state index in [4.69, 9.17) is 11.6 Å². The van der Waals surface area contributed by atoms with Gasteiger partial charge in [-0.25, -0.2) is 8.78 Å². The average molecular weight is 1500 g/mol. The lowest BCUT2D eigenvalue weighted by Gasteiger charge is -2.45. The van der Waals surface area contributed by atoms with Crippen LogP contribution in [-0.4, -0.2) is 282 Å². The molecule has 3 heterocycles. The van der Waals surface area contributed by atoms with Crippen molar-refractivity contribution in [1.82, 2.24) is 64.9 Å². The van der Waals surface area contributed by atoms with Crippen molar-refractivity contribution in [2.75, 3.05) is 96.2 Å². The van der Waals surface area contributed by atoms with E-state index in [1.54, 1.807) is 6.92 Å². The van der Waals surface area contributed by atoms with E-state index in [0.717, 1.165) is 65.0 Å². The molecule has 0 aromatic heterocycles. The molecule has 6 rings (SSSR count). The van der Waals surface area contributed by atoms with Crippen LogP contribution in [0.5, 0.6) is 0 Å². The molecule has 1 aromatic rings. The number of hydrogen-bond donors (Lipinski definition) is 3. The molecule has 104 heavy (non-hydrogen) atoms. The number of hydrogen-bond acceptors (Lipinski definition) is 13. The molecule has 1 unspecified atom stereocenters. The topological polar surface area (TPSA) is 273 Å². The van der Waals surface area contributed by atoms with E-state index in [1.807, 2.05) is 20.8 Å². The fraction of sp³-hybridized carbons (Fsp3) is 0.753. The fourth-order valence-corrected chi connectivity index (χ4v) is 15.5. The number of benzene rings is 1. The largest absolute Gasteiger partial charge is 0.417 e. The molecule has 25 nitrogen and oxygen atoms in total. The van der Waals surface area contributed by atoms with Gasteiger partial charge in [0.2, 0.25) is 70.9 Å². The van der Waals surface area contributed by atoms with Crippen LogP contribution in [-0.2, 0) is 70.1 Å². The Labute approximate surface area is 614 Å². The molecule has 0 bridgehead atoms. The summed E-state index contributed by atoms with van der Waals surface area (Å²) in [4.78, 5) is 191. The molecule has 3 aliphatic heterocycles. The van der Waals surface area contributed by atoms with Crippen LogP contribution in [0, 0.1) is 23.7 Å². The molecule has 12 amide bonds. The van der Waals surface area contributed by atoms with Crippen LogP contribution in [0.2, 0.25) is 5.02 Å². The zero-order valence-corrected chi connectivity index (χ0v) is 64.2. The smallest absolute Gasteiger partial charge is 0.347 e. The number of piperidine rings is 1. The zero-order valence-electron chi connectivity index (χ0n) is 63.4. The molecule has 11 atom stereocenters. The van der Waals surface area contributed by atoms with Gasteiger partial charge in [-0.15, -0.1) is 0 Å². The van der Waals surface area contributed by atoms with Crippen LogP contribution in [0.1, 0.15) is 168 Å². The van der Waals surface area contributed by atoms with Gasteiger partial charge >= 0.3 is 6.18 Å². The van der Waals surface area contributed by atoms with Gasteiger partial charge in [-0.05, 0) is 120 Å². The van der Waals surface area contributed by atoms with E-state index in [-0.39, 0.29) is 88.4 Å². The summed E-state index contributed by atoms with van der Waals surface area (Å²) < 4.78 is 71.8. The molecule has 2 saturated carbocycles. The summed E-state index contributed by atoms with van der Waals surface area (Å²) >= 11 is 6.15. The van der Waals surface area contributed by atoms with Crippen molar-refractivity contribution in [2.45, 2.75) is 236 Å². The second-order valence-corrected chi connectivity index (χ2v) is 30.8. The fourth-order valence-electron chi connectivity index (χ4n) is 15.1. The van der Waals surface area contributed by atoms with Crippen LogP contribution >= 0.6 is 11.6 Å². The van der Waals surface area contributed by atoms with Gasteiger partial charge in [-0.1, -0.05) is 96.7 Å². The van der Waals surface area contributed by atoms with Gasteiger partial charge in [-0.3, -0.25) is 62.4 Å². The van der Waals surface area contributed by atoms with Crippen molar-refractivity contribution >= 4 is 82.5 Å². The summed E-state index contributed by atoms with van der Waals surface area (Å²) in [5, 5.41) is 7.62. The third kappa shape index (κ3) is 21.7. The lowest BCUT2D eigenvalue weighted by Crippen LogP contribution is -2.65. The van der Waals surface area contributed by atoms with Crippen molar-refractivity contribution in [3.63, 3.8) is 0 Å². The first kappa shape index (κ1) is 85.7. The highest BCUT2D eigenvalue weighted by molar-refractivity contribution is 6.31. The number of amides is 12. The number of likely N-dealkylation sites (tertiary alicyclic amines) is 1. The lowest BCUT2D eigenvalue weighted by atomic mass is 9.84.